The van der Waals surface area contributed by atoms with Crippen molar-refractivity contribution < 1.29 is 22.7 Å². The molecule has 1 aromatic rings. The summed E-state index contributed by atoms with van der Waals surface area (Å²) in [5.41, 5.74) is -0.745. The molecule has 3 atom stereocenters. The third-order valence-corrected chi connectivity index (χ3v) is 4.75. The third-order valence-electron chi connectivity index (χ3n) is 3.80. The molecule has 5 nitrogen and oxygen atoms in total. The maximum atomic E-state index is 12.9. The molecule has 0 radical (unpaired) electrons. The second-order valence-corrected chi connectivity index (χ2v) is 6.66. The number of amides is 1. The lowest BCUT2D eigenvalue weighted by atomic mass is 10.2. The number of carbonyl (C=O) groups is 1. The number of rotatable bonds is 2. The average molecular weight is 398 g/mol. The minimum Gasteiger partial charge on any atom is -0.372 e. The van der Waals surface area contributed by atoms with Crippen LogP contribution in [0.25, 0.3) is 0 Å². The molecule has 9 heteroatoms. The van der Waals surface area contributed by atoms with Crippen LogP contribution in [0.1, 0.15) is 38.2 Å². The first-order chi connectivity index (χ1) is 10.5. The highest BCUT2D eigenvalue weighted by atomic mass is 79.9. The molecule has 1 aliphatic heterocycles. The van der Waals surface area contributed by atoms with Crippen LogP contribution < -0.4 is 0 Å². The first kappa shape index (κ1) is 18.3. The molecule has 130 valence electrons. The minimum absolute atomic E-state index is 0.105. The number of alkyl halides is 3. The van der Waals surface area contributed by atoms with Crippen LogP contribution in [0.3, 0.4) is 0 Å². The Kier molecular flexibility index (Phi) is 5.10. The van der Waals surface area contributed by atoms with Crippen LogP contribution in [0.5, 0.6) is 0 Å². The standard InChI is InChI=1S/C14H19BrF3N3O2/c1-7-5-20(6-8(2)23-7)13(22)10(4)21-9(3)11(15)12(19-21)14(16,17)18/h7-8,10H,5-6H2,1-4H3/t7-,8+,10-/m0/s1. The zero-order valence-electron chi connectivity index (χ0n) is 13.3. The average Bonchev–Trinajstić information content (AvgIpc) is 2.72. The SMILES string of the molecule is Cc1c(Br)c(C(F)(F)F)nn1[C@@H](C)C(=O)N1C[C@@H](C)O[C@@H](C)C1. The topological polar surface area (TPSA) is 47.4 Å². The van der Waals surface area contributed by atoms with E-state index in [9.17, 15) is 18.0 Å². The maximum Gasteiger partial charge on any atom is 0.436 e. The van der Waals surface area contributed by atoms with Crippen LogP contribution in [-0.2, 0) is 15.7 Å². The van der Waals surface area contributed by atoms with Gasteiger partial charge in [-0.2, -0.15) is 18.3 Å². The summed E-state index contributed by atoms with van der Waals surface area (Å²) in [5, 5.41) is 3.60. The van der Waals surface area contributed by atoms with E-state index in [1.165, 1.54) is 6.92 Å². The summed E-state index contributed by atoms with van der Waals surface area (Å²) in [7, 11) is 0. The van der Waals surface area contributed by atoms with Crippen LogP contribution >= 0.6 is 15.9 Å². The smallest absolute Gasteiger partial charge is 0.372 e. The van der Waals surface area contributed by atoms with Crippen molar-refractivity contribution in [3.05, 3.63) is 15.9 Å². The molecule has 0 aromatic carbocycles. The first-order valence-electron chi connectivity index (χ1n) is 7.28. The zero-order chi connectivity index (χ0) is 17.5. The maximum absolute atomic E-state index is 12.9. The summed E-state index contributed by atoms with van der Waals surface area (Å²) in [6.45, 7) is 7.61. The molecule has 0 aliphatic carbocycles. The molecule has 0 N–H and O–H groups in total. The van der Waals surface area contributed by atoms with Gasteiger partial charge in [-0.15, -0.1) is 0 Å². The number of carbonyl (C=O) groups excluding carboxylic acids is 1. The van der Waals surface area contributed by atoms with Crippen molar-refractivity contribution >= 4 is 21.8 Å². The lowest BCUT2D eigenvalue weighted by Gasteiger charge is -2.36. The highest BCUT2D eigenvalue weighted by Gasteiger charge is 2.39. The molecular formula is C14H19BrF3N3O2. The predicted octanol–water partition coefficient (Wildman–Crippen LogP) is 3.17. The number of halogens is 4. The van der Waals surface area contributed by atoms with Crippen molar-refractivity contribution in [3.8, 4) is 0 Å². The molecule has 0 spiro atoms. The highest BCUT2D eigenvalue weighted by Crippen LogP contribution is 2.36. The number of ether oxygens (including phenoxy) is 1. The molecule has 0 unspecified atom stereocenters. The highest BCUT2D eigenvalue weighted by molar-refractivity contribution is 9.10. The zero-order valence-corrected chi connectivity index (χ0v) is 14.9. The van der Waals surface area contributed by atoms with Gasteiger partial charge in [-0.1, -0.05) is 0 Å². The Morgan fingerprint density at radius 3 is 2.30 bits per heavy atom. The van der Waals surface area contributed by atoms with Crippen molar-refractivity contribution in [2.24, 2.45) is 0 Å². The van der Waals surface area contributed by atoms with Gasteiger partial charge in [0, 0.05) is 13.1 Å². The first-order valence-corrected chi connectivity index (χ1v) is 8.07. The van der Waals surface area contributed by atoms with Gasteiger partial charge in [0.2, 0.25) is 5.91 Å². The summed E-state index contributed by atoms with van der Waals surface area (Å²) in [6, 6.07) is -0.820. The van der Waals surface area contributed by atoms with E-state index in [4.69, 9.17) is 4.74 Å². The molecule has 1 aromatic heterocycles. The van der Waals surface area contributed by atoms with Crippen LogP contribution in [0, 0.1) is 6.92 Å². The molecule has 1 saturated heterocycles. The Hall–Kier alpha value is -1.09. The number of aromatic nitrogens is 2. The Morgan fingerprint density at radius 1 is 1.35 bits per heavy atom. The lowest BCUT2D eigenvalue weighted by Crippen LogP contribution is -2.50. The molecule has 2 heterocycles. The molecule has 23 heavy (non-hydrogen) atoms. The van der Waals surface area contributed by atoms with Gasteiger partial charge in [0.1, 0.15) is 6.04 Å². The Morgan fingerprint density at radius 2 is 1.87 bits per heavy atom. The van der Waals surface area contributed by atoms with E-state index in [0.717, 1.165) is 4.68 Å². The third kappa shape index (κ3) is 3.71. The molecule has 1 aliphatic rings. The summed E-state index contributed by atoms with van der Waals surface area (Å²) < 4.78 is 45.4. The molecule has 0 bridgehead atoms. The van der Waals surface area contributed by atoms with Gasteiger partial charge in [-0.05, 0) is 43.6 Å². The number of morpholine rings is 1. The fraction of sp³-hybridized carbons (Fsp3) is 0.714. The quantitative estimate of drug-likeness (QED) is 0.769. The van der Waals surface area contributed by atoms with E-state index in [1.54, 1.807) is 11.8 Å². The molecule has 1 fully saturated rings. The predicted molar refractivity (Wildman–Crippen MR) is 81.0 cm³/mol. The van der Waals surface area contributed by atoms with Crippen molar-refractivity contribution in [1.82, 2.24) is 14.7 Å². The largest absolute Gasteiger partial charge is 0.436 e. The van der Waals surface area contributed by atoms with E-state index in [0.29, 0.717) is 13.1 Å². The van der Waals surface area contributed by atoms with E-state index < -0.39 is 17.9 Å². The Bertz CT molecular complexity index is 593. The Labute approximate surface area is 140 Å². The van der Waals surface area contributed by atoms with Gasteiger partial charge in [0.05, 0.1) is 22.4 Å². The number of nitrogens with zero attached hydrogens (tertiary/aromatic N) is 3. The normalized spacial score (nSPS) is 23.9. The number of hydrogen-bond acceptors (Lipinski definition) is 3. The van der Waals surface area contributed by atoms with E-state index in [1.807, 2.05) is 13.8 Å². The van der Waals surface area contributed by atoms with Crippen molar-refractivity contribution in [3.63, 3.8) is 0 Å². The van der Waals surface area contributed by atoms with E-state index >= 15 is 0 Å². The monoisotopic (exact) mass is 397 g/mol. The van der Waals surface area contributed by atoms with Gasteiger partial charge in [-0.3, -0.25) is 9.48 Å². The Balaban J connectivity index is 2.26. The van der Waals surface area contributed by atoms with Crippen LogP contribution in [0.2, 0.25) is 0 Å². The molecular weight excluding hydrogens is 379 g/mol. The fourth-order valence-electron chi connectivity index (χ4n) is 2.78. The second-order valence-electron chi connectivity index (χ2n) is 5.87. The lowest BCUT2D eigenvalue weighted by molar-refractivity contribution is -0.147. The van der Waals surface area contributed by atoms with Gasteiger partial charge < -0.3 is 9.64 Å². The summed E-state index contributed by atoms with van der Waals surface area (Å²) in [6.07, 6.45) is -4.78. The number of hydrogen-bond donors (Lipinski definition) is 0. The van der Waals surface area contributed by atoms with Gasteiger partial charge in [-0.25, -0.2) is 0 Å². The van der Waals surface area contributed by atoms with Crippen molar-refractivity contribution in [2.75, 3.05) is 13.1 Å². The summed E-state index contributed by atoms with van der Waals surface area (Å²) in [4.78, 5) is 14.2. The van der Waals surface area contributed by atoms with E-state index in [2.05, 4.69) is 21.0 Å². The van der Waals surface area contributed by atoms with E-state index in [-0.39, 0.29) is 28.3 Å². The minimum atomic E-state index is -4.57. The molecule has 0 saturated carbocycles. The van der Waals surface area contributed by atoms with Gasteiger partial charge >= 0.3 is 6.18 Å². The summed E-state index contributed by atoms with van der Waals surface area (Å²) >= 11 is 2.92. The molecule has 1 amide bonds. The fourth-order valence-corrected chi connectivity index (χ4v) is 3.27. The van der Waals surface area contributed by atoms with Gasteiger partial charge in [0.25, 0.3) is 0 Å². The second kappa shape index (κ2) is 6.43. The van der Waals surface area contributed by atoms with Crippen LogP contribution in [-0.4, -0.2) is 45.9 Å². The molecule has 2 rings (SSSR count). The van der Waals surface area contributed by atoms with Gasteiger partial charge in [0.15, 0.2) is 5.69 Å². The van der Waals surface area contributed by atoms with Crippen LogP contribution in [0.15, 0.2) is 4.47 Å². The van der Waals surface area contributed by atoms with Crippen LogP contribution in [0.4, 0.5) is 13.2 Å². The van der Waals surface area contributed by atoms with Crippen molar-refractivity contribution in [1.29, 1.82) is 0 Å². The summed E-state index contributed by atoms with van der Waals surface area (Å²) in [5.74, 6) is -0.265. The van der Waals surface area contributed by atoms with Crippen molar-refractivity contribution in [2.45, 2.75) is 52.1 Å².